The topological polar surface area (TPSA) is 101 Å². The highest BCUT2D eigenvalue weighted by Gasteiger charge is 2.13. The number of aliphatic hydroxyl groups is 5. The third kappa shape index (κ3) is 15.6. The van der Waals surface area contributed by atoms with Crippen molar-refractivity contribution in [3.05, 3.63) is 0 Å². The van der Waals surface area contributed by atoms with E-state index in [1.807, 2.05) is 0 Å². The lowest BCUT2D eigenvalue weighted by Gasteiger charge is -2.17. The van der Waals surface area contributed by atoms with Gasteiger partial charge in [-0.3, -0.25) is 0 Å². The van der Waals surface area contributed by atoms with Crippen molar-refractivity contribution in [3.8, 4) is 0 Å². The van der Waals surface area contributed by atoms with Crippen LogP contribution < -0.4 is 0 Å². The van der Waals surface area contributed by atoms with Crippen LogP contribution in [0.15, 0.2) is 0 Å². The minimum absolute atomic E-state index is 0.0506. The van der Waals surface area contributed by atoms with E-state index >= 15 is 0 Å². The van der Waals surface area contributed by atoms with E-state index in [2.05, 4.69) is 0 Å². The summed E-state index contributed by atoms with van der Waals surface area (Å²) in [5.41, 5.74) is 0. The first kappa shape index (κ1) is 24.1. The lowest BCUT2D eigenvalue weighted by molar-refractivity contribution is 0.0696. The Bertz CT molecular complexity index is 268. The molecule has 0 aliphatic carbocycles. The Hall–Kier alpha value is 0.0900. The van der Waals surface area contributed by atoms with Gasteiger partial charge in [0.25, 0.3) is 0 Å². The van der Waals surface area contributed by atoms with Crippen molar-refractivity contribution in [3.63, 3.8) is 0 Å². The molecule has 0 rings (SSSR count). The molecule has 0 heterocycles. The first-order valence-electron chi connectivity index (χ1n) is 9.38. The number of alkyl halides is 1. The predicted octanol–water partition coefficient (Wildman–Crippen LogP) is 2.34. The first-order chi connectivity index (χ1) is 11.5. The molecule has 0 saturated carbocycles. The molecule has 24 heavy (non-hydrogen) atoms. The number of rotatable bonds is 17. The summed E-state index contributed by atoms with van der Waals surface area (Å²) in [5.74, 6) is 0.695. The van der Waals surface area contributed by atoms with E-state index in [9.17, 15) is 20.4 Å². The van der Waals surface area contributed by atoms with E-state index in [0.29, 0.717) is 50.8 Å². The van der Waals surface area contributed by atoms with Crippen LogP contribution in [0, 0.1) is 0 Å². The zero-order valence-electron chi connectivity index (χ0n) is 14.8. The predicted molar refractivity (Wildman–Crippen MR) is 97.2 cm³/mol. The van der Waals surface area contributed by atoms with Gasteiger partial charge in [0.15, 0.2) is 0 Å². The van der Waals surface area contributed by atoms with Crippen LogP contribution in [-0.2, 0) is 0 Å². The minimum atomic E-state index is -0.575. The zero-order valence-corrected chi connectivity index (χ0v) is 15.6. The second-order valence-corrected chi connectivity index (χ2v) is 7.13. The fourth-order valence-corrected chi connectivity index (χ4v) is 2.90. The van der Waals surface area contributed by atoms with Crippen LogP contribution in [0.3, 0.4) is 0 Å². The lowest BCUT2D eigenvalue weighted by Crippen LogP contribution is -2.18. The van der Waals surface area contributed by atoms with Crippen molar-refractivity contribution in [2.24, 2.45) is 0 Å². The summed E-state index contributed by atoms with van der Waals surface area (Å²) in [6, 6.07) is 0. The maximum Gasteiger partial charge on any atom is 0.0563 e. The second-order valence-electron chi connectivity index (χ2n) is 6.75. The van der Waals surface area contributed by atoms with Gasteiger partial charge in [-0.2, -0.15) is 0 Å². The van der Waals surface area contributed by atoms with Crippen LogP contribution in [0.4, 0.5) is 0 Å². The number of hydrogen-bond acceptors (Lipinski definition) is 5. The molecule has 0 aromatic rings. The molecule has 4 unspecified atom stereocenters. The van der Waals surface area contributed by atoms with Gasteiger partial charge < -0.3 is 25.5 Å². The molecule has 0 aliphatic heterocycles. The van der Waals surface area contributed by atoms with E-state index in [1.165, 1.54) is 0 Å². The van der Waals surface area contributed by atoms with Crippen molar-refractivity contribution in [2.45, 2.75) is 101 Å². The molecule has 0 spiro atoms. The molecular weight excluding hydrogens is 332 g/mol. The lowest BCUT2D eigenvalue weighted by atomic mass is 9.99. The van der Waals surface area contributed by atoms with Crippen LogP contribution in [0.2, 0.25) is 0 Å². The maximum atomic E-state index is 9.93. The van der Waals surface area contributed by atoms with E-state index in [0.717, 1.165) is 32.1 Å². The van der Waals surface area contributed by atoms with Crippen molar-refractivity contribution >= 4 is 11.6 Å². The van der Waals surface area contributed by atoms with Crippen LogP contribution in [0.25, 0.3) is 0 Å². The van der Waals surface area contributed by atoms with Crippen molar-refractivity contribution in [2.75, 3.05) is 12.5 Å². The van der Waals surface area contributed by atoms with E-state index in [4.69, 9.17) is 16.7 Å². The van der Waals surface area contributed by atoms with Gasteiger partial charge in [0.2, 0.25) is 0 Å². The summed E-state index contributed by atoms with van der Waals surface area (Å²) in [6.07, 6.45) is 6.35. The standard InChI is InChI=1S/C18H37ClO5/c19-13-4-2-1-3-5-15(21)6-7-16(22)8-9-17(23)10-11-18(24)12-14-20/h15-18,20-24H,1-14H2. The SMILES string of the molecule is OCCC(O)CCC(O)CCC(O)CCC(O)CCCCCCCl. The Kier molecular flexibility index (Phi) is 16.6. The van der Waals surface area contributed by atoms with Gasteiger partial charge >= 0.3 is 0 Å². The molecule has 6 heteroatoms. The molecule has 0 aliphatic rings. The van der Waals surface area contributed by atoms with Gasteiger partial charge in [-0.15, -0.1) is 11.6 Å². The molecule has 0 aromatic heterocycles. The third-order valence-corrected chi connectivity index (χ3v) is 4.65. The quantitative estimate of drug-likeness (QED) is 0.200. The molecular formula is C18H37ClO5. The number of unbranched alkanes of at least 4 members (excludes halogenated alkanes) is 3. The van der Waals surface area contributed by atoms with E-state index in [1.54, 1.807) is 0 Å². The summed E-state index contributed by atoms with van der Waals surface area (Å²) in [6.45, 7) is -0.0506. The van der Waals surface area contributed by atoms with Crippen LogP contribution in [0.1, 0.15) is 77.0 Å². The summed E-state index contributed by atoms with van der Waals surface area (Å²) in [5, 5.41) is 47.8. The molecule has 0 aromatic carbocycles. The molecule has 146 valence electrons. The Labute approximate surface area is 151 Å². The van der Waals surface area contributed by atoms with Gasteiger partial charge in [0, 0.05) is 12.5 Å². The molecule has 5 N–H and O–H groups in total. The second kappa shape index (κ2) is 16.6. The molecule has 0 fully saturated rings. The average Bonchev–Trinajstić information content (AvgIpc) is 2.56. The highest BCUT2D eigenvalue weighted by atomic mass is 35.5. The molecule has 5 nitrogen and oxygen atoms in total. The molecule has 0 amide bonds. The van der Waals surface area contributed by atoms with Crippen molar-refractivity contribution < 1.29 is 25.5 Å². The monoisotopic (exact) mass is 368 g/mol. The third-order valence-electron chi connectivity index (χ3n) is 4.38. The molecule has 0 radical (unpaired) electrons. The summed E-state index contributed by atoms with van der Waals surface area (Å²) in [4.78, 5) is 0. The normalized spacial score (nSPS) is 16.8. The largest absolute Gasteiger partial charge is 0.396 e. The van der Waals surface area contributed by atoms with Gasteiger partial charge in [-0.1, -0.05) is 19.3 Å². The summed E-state index contributed by atoms with van der Waals surface area (Å²) in [7, 11) is 0. The zero-order chi connectivity index (χ0) is 18.2. The van der Waals surface area contributed by atoms with E-state index < -0.39 is 18.3 Å². The minimum Gasteiger partial charge on any atom is -0.396 e. The van der Waals surface area contributed by atoms with Gasteiger partial charge in [-0.25, -0.2) is 0 Å². The van der Waals surface area contributed by atoms with Gasteiger partial charge in [-0.05, 0) is 57.8 Å². The Morgan fingerprint density at radius 1 is 0.500 bits per heavy atom. The Balaban J connectivity index is 3.58. The Morgan fingerprint density at radius 3 is 1.29 bits per heavy atom. The summed E-state index contributed by atoms with van der Waals surface area (Å²) >= 11 is 5.61. The fourth-order valence-electron chi connectivity index (χ4n) is 2.71. The van der Waals surface area contributed by atoms with Crippen LogP contribution in [0.5, 0.6) is 0 Å². The smallest absolute Gasteiger partial charge is 0.0563 e. The van der Waals surface area contributed by atoms with Crippen molar-refractivity contribution in [1.29, 1.82) is 0 Å². The van der Waals surface area contributed by atoms with E-state index in [-0.39, 0.29) is 12.7 Å². The molecule has 4 atom stereocenters. The summed E-state index contributed by atoms with van der Waals surface area (Å²) < 4.78 is 0. The number of aliphatic hydroxyl groups excluding tert-OH is 5. The molecule has 0 bridgehead atoms. The van der Waals surface area contributed by atoms with Crippen LogP contribution in [-0.4, -0.2) is 62.4 Å². The van der Waals surface area contributed by atoms with Crippen molar-refractivity contribution in [1.82, 2.24) is 0 Å². The first-order valence-corrected chi connectivity index (χ1v) is 9.92. The fraction of sp³-hybridized carbons (Fsp3) is 1.00. The van der Waals surface area contributed by atoms with Gasteiger partial charge in [0.1, 0.15) is 0 Å². The highest BCUT2D eigenvalue weighted by molar-refractivity contribution is 6.17. The molecule has 0 saturated heterocycles. The number of halogens is 1. The maximum absolute atomic E-state index is 9.93. The highest BCUT2D eigenvalue weighted by Crippen LogP contribution is 2.15. The van der Waals surface area contributed by atoms with Crippen LogP contribution >= 0.6 is 11.6 Å². The van der Waals surface area contributed by atoms with Gasteiger partial charge in [0.05, 0.1) is 24.4 Å². The number of hydrogen-bond donors (Lipinski definition) is 5. The Morgan fingerprint density at radius 2 is 0.875 bits per heavy atom. The average molecular weight is 369 g/mol.